The second-order valence-electron chi connectivity index (χ2n) is 4.07. The lowest BCUT2D eigenvalue weighted by Gasteiger charge is -2.08. The van der Waals surface area contributed by atoms with Crippen molar-refractivity contribution in [2.45, 2.75) is 0 Å². The standard InChI is InChI=1S/C14H14N2O4S/c1-19-11-7-8(3-4-9(11)15)13(17)16-10-5-6-21-12(10)14(18)20-2/h3-7H,15H2,1-2H3,(H,16,17). The van der Waals surface area contributed by atoms with Crippen molar-refractivity contribution in [2.24, 2.45) is 0 Å². The Morgan fingerprint density at radius 3 is 2.67 bits per heavy atom. The second-order valence-corrected chi connectivity index (χ2v) is 4.98. The molecule has 7 heteroatoms. The molecule has 1 amide bonds. The number of nitrogens with one attached hydrogen (secondary N) is 1. The molecule has 1 aromatic heterocycles. The lowest BCUT2D eigenvalue weighted by atomic mass is 10.1. The molecule has 1 heterocycles. The van der Waals surface area contributed by atoms with Gasteiger partial charge in [-0.3, -0.25) is 4.79 Å². The molecule has 0 bridgehead atoms. The third kappa shape index (κ3) is 3.14. The van der Waals surface area contributed by atoms with E-state index in [-0.39, 0.29) is 5.91 Å². The van der Waals surface area contributed by atoms with E-state index in [4.69, 9.17) is 10.5 Å². The predicted molar refractivity (Wildman–Crippen MR) is 81.0 cm³/mol. The fourth-order valence-corrected chi connectivity index (χ4v) is 2.47. The van der Waals surface area contributed by atoms with Crippen LogP contribution < -0.4 is 15.8 Å². The minimum absolute atomic E-state index is 0.341. The summed E-state index contributed by atoms with van der Waals surface area (Å²) in [5, 5.41) is 4.37. The van der Waals surface area contributed by atoms with Gasteiger partial charge in [-0.1, -0.05) is 0 Å². The number of ether oxygens (including phenoxy) is 2. The summed E-state index contributed by atoms with van der Waals surface area (Å²) in [6.45, 7) is 0. The van der Waals surface area contributed by atoms with Gasteiger partial charge in [0.1, 0.15) is 10.6 Å². The summed E-state index contributed by atoms with van der Waals surface area (Å²) in [5.41, 5.74) is 6.93. The molecular formula is C14H14N2O4S. The van der Waals surface area contributed by atoms with Crippen LogP contribution in [0.4, 0.5) is 11.4 Å². The van der Waals surface area contributed by atoms with Crippen molar-refractivity contribution in [2.75, 3.05) is 25.3 Å². The number of hydrogen-bond donors (Lipinski definition) is 2. The van der Waals surface area contributed by atoms with Crippen molar-refractivity contribution >= 4 is 34.6 Å². The van der Waals surface area contributed by atoms with Crippen LogP contribution in [0, 0.1) is 0 Å². The van der Waals surface area contributed by atoms with E-state index in [1.165, 1.54) is 31.6 Å². The molecule has 2 rings (SSSR count). The van der Waals surface area contributed by atoms with Gasteiger partial charge in [0.2, 0.25) is 0 Å². The van der Waals surface area contributed by atoms with Gasteiger partial charge in [-0.05, 0) is 29.6 Å². The number of carbonyl (C=O) groups excluding carboxylic acids is 2. The third-order valence-electron chi connectivity index (χ3n) is 2.78. The van der Waals surface area contributed by atoms with Crippen LogP contribution in [-0.2, 0) is 4.74 Å². The van der Waals surface area contributed by atoms with Gasteiger partial charge in [-0.25, -0.2) is 4.79 Å². The number of esters is 1. The lowest BCUT2D eigenvalue weighted by molar-refractivity contribution is 0.0607. The first-order chi connectivity index (χ1) is 10.1. The first kappa shape index (κ1) is 14.9. The molecule has 0 radical (unpaired) electrons. The average Bonchev–Trinajstić information content (AvgIpc) is 2.94. The summed E-state index contributed by atoms with van der Waals surface area (Å²) < 4.78 is 9.73. The van der Waals surface area contributed by atoms with Gasteiger partial charge in [-0.15, -0.1) is 11.3 Å². The molecule has 0 saturated heterocycles. The molecule has 1 aromatic carbocycles. The number of anilines is 2. The van der Waals surface area contributed by atoms with E-state index < -0.39 is 5.97 Å². The fraction of sp³-hybridized carbons (Fsp3) is 0.143. The zero-order valence-electron chi connectivity index (χ0n) is 11.5. The van der Waals surface area contributed by atoms with Gasteiger partial charge in [-0.2, -0.15) is 0 Å². The summed E-state index contributed by atoms with van der Waals surface area (Å²) in [7, 11) is 2.76. The molecule has 0 spiro atoms. The number of benzene rings is 1. The molecule has 0 aliphatic rings. The summed E-state index contributed by atoms with van der Waals surface area (Å²) in [6, 6.07) is 6.35. The lowest BCUT2D eigenvalue weighted by Crippen LogP contribution is -2.14. The van der Waals surface area contributed by atoms with Crippen LogP contribution in [0.25, 0.3) is 0 Å². The van der Waals surface area contributed by atoms with Crippen molar-refractivity contribution in [1.82, 2.24) is 0 Å². The quantitative estimate of drug-likeness (QED) is 0.668. The molecule has 2 aromatic rings. The monoisotopic (exact) mass is 306 g/mol. The SMILES string of the molecule is COC(=O)c1sccc1NC(=O)c1ccc(N)c(OC)c1. The van der Waals surface area contributed by atoms with E-state index in [0.717, 1.165) is 0 Å². The minimum Gasteiger partial charge on any atom is -0.495 e. The summed E-state index contributed by atoms with van der Waals surface area (Å²) in [6.07, 6.45) is 0. The van der Waals surface area contributed by atoms with Crippen LogP contribution in [-0.4, -0.2) is 26.1 Å². The van der Waals surface area contributed by atoms with Gasteiger partial charge >= 0.3 is 5.97 Å². The van der Waals surface area contributed by atoms with E-state index in [2.05, 4.69) is 10.1 Å². The van der Waals surface area contributed by atoms with Crippen LogP contribution in [0.3, 0.4) is 0 Å². The van der Waals surface area contributed by atoms with E-state index in [9.17, 15) is 9.59 Å². The van der Waals surface area contributed by atoms with Crippen molar-refractivity contribution in [3.8, 4) is 5.75 Å². The van der Waals surface area contributed by atoms with Gasteiger partial charge in [0, 0.05) is 5.56 Å². The molecule has 3 N–H and O–H groups in total. The molecule has 110 valence electrons. The van der Waals surface area contributed by atoms with E-state index in [1.807, 2.05) is 0 Å². The summed E-state index contributed by atoms with van der Waals surface area (Å²) in [5.74, 6) is -0.437. The number of methoxy groups -OCH3 is 2. The smallest absolute Gasteiger partial charge is 0.350 e. The number of hydrogen-bond acceptors (Lipinski definition) is 6. The highest BCUT2D eigenvalue weighted by atomic mass is 32.1. The second kappa shape index (κ2) is 6.27. The highest BCUT2D eigenvalue weighted by Gasteiger charge is 2.17. The molecule has 21 heavy (non-hydrogen) atoms. The van der Waals surface area contributed by atoms with Crippen LogP contribution in [0.5, 0.6) is 5.75 Å². The highest BCUT2D eigenvalue weighted by Crippen LogP contribution is 2.26. The molecule has 0 fully saturated rings. The Balaban J connectivity index is 2.22. The number of nitrogen functional groups attached to an aromatic ring is 1. The molecule has 0 aliphatic heterocycles. The van der Waals surface area contributed by atoms with Gasteiger partial charge in [0.25, 0.3) is 5.91 Å². The van der Waals surface area contributed by atoms with Crippen LogP contribution in [0.2, 0.25) is 0 Å². The summed E-state index contributed by atoms with van der Waals surface area (Å²) in [4.78, 5) is 24.1. The average molecular weight is 306 g/mol. The Morgan fingerprint density at radius 2 is 2.00 bits per heavy atom. The Bertz CT molecular complexity index is 681. The minimum atomic E-state index is -0.491. The largest absolute Gasteiger partial charge is 0.495 e. The maximum atomic E-state index is 12.2. The Hall–Kier alpha value is -2.54. The van der Waals surface area contributed by atoms with Crippen LogP contribution >= 0.6 is 11.3 Å². The molecule has 0 saturated carbocycles. The predicted octanol–water partition coefficient (Wildman–Crippen LogP) is 2.38. The topological polar surface area (TPSA) is 90.7 Å². The van der Waals surface area contributed by atoms with Crippen molar-refractivity contribution in [3.05, 3.63) is 40.1 Å². The first-order valence-electron chi connectivity index (χ1n) is 5.97. The van der Waals surface area contributed by atoms with E-state index in [1.54, 1.807) is 23.6 Å². The molecule has 0 atom stereocenters. The van der Waals surface area contributed by atoms with E-state index in [0.29, 0.717) is 27.6 Å². The van der Waals surface area contributed by atoms with Crippen molar-refractivity contribution < 1.29 is 19.1 Å². The molecule has 6 nitrogen and oxygen atoms in total. The number of carbonyl (C=O) groups is 2. The molecular weight excluding hydrogens is 292 g/mol. The van der Waals surface area contributed by atoms with Crippen LogP contribution in [0.1, 0.15) is 20.0 Å². The Morgan fingerprint density at radius 1 is 1.24 bits per heavy atom. The van der Waals surface area contributed by atoms with Crippen LogP contribution in [0.15, 0.2) is 29.6 Å². The van der Waals surface area contributed by atoms with Gasteiger partial charge in [0.05, 0.1) is 25.6 Å². The Kier molecular flexibility index (Phi) is 4.44. The van der Waals surface area contributed by atoms with Crippen molar-refractivity contribution in [3.63, 3.8) is 0 Å². The zero-order chi connectivity index (χ0) is 15.4. The van der Waals surface area contributed by atoms with E-state index >= 15 is 0 Å². The first-order valence-corrected chi connectivity index (χ1v) is 6.85. The Labute approximate surface area is 125 Å². The van der Waals surface area contributed by atoms with Gasteiger partial charge in [0.15, 0.2) is 0 Å². The third-order valence-corrected chi connectivity index (χ3v) is 3.67. The normalized spacial score (nSPS) is 10.0. The van der Waals surface area contributed by atoms with Gasteiger partial charge < -0.3 is 20.5 Å². The molecule has 0 unspecified atom stereocenters. The zero-order valence-corrected chi connectivity index (χ0v) is 12.3. The number of thiophene rings is 1. The number of rotatable bonds is 4. The highest BCUT2D eigenvalue weighted by molar-refractivity contribution is 7.12. The number of nitrogens with two attached hydrogens (primary N) is 1. The summed E-state index contributed by atoms with van der Waals surface area (Å²) >= 11 is 1.20. The maximum Gasteiger partial charge on any atom is 0.350 e. The number of amides is 1. The van der Waals surface area contributed by atoms with Crippen molar-refractivity contribution in [1.29, 1.82) is 0 Å². The fourth-order valence-electron chi connectivity index (χ4n) is 1.71. The molecule has 0 aliphatic carbocycles. The maximum absolute atomic E-state index is 12.2.